The lowest BCUT2D eigenvalue weighted by Crippen LogP contribution is -2.32. The number of aliphatic hydroxyl groups is 1. The summed E-state index contributed by atoms with van der Waals surface area (Å²) in [5.41, 5.74) is 2.10. The van der Waals surface area contributed by atoms with Crippen LogP contribution in [0.5, 0.6) is 5.75 Å². The number of pyridine rings is 1. The lowest BCUT2D eigenvalue weighted by atomic mass is 9.75. The van der Waals surface area contributed by atoms with Crippen LogP contribution >= 0.6 is 0 Å². The fourth-order valence-electron chi connectivity index (χ4n) is 3.05. The summed E-state index contributed by atoms with van der Waals surface area (Å²) < 4.78 is 5.65. The smallest absolute Gasteiger partial charge is 0.137 e. The number of hydrogen-bond acceptors (Lipinski definition) is 3. The van der Waals surface area contributed by atoms with Crippen LogP contribution in [0.1, 0.15) is 42.9 Å². The van der Waals surface area contributed by atoms with Crippen LogP contribution < -0.4 is 4.74 Å². The molecule has 0 fully saturated rings. The van der Waals surface area contributed by atoms with Gasteiger partial charge >= 0.3 is 0 Å². The van der Waals surface area contributed by atoms with Crippen LogP contribution in [0.15, 0.2) is 42.7 Å². The summed E-state index contributed by atoms with van der Waals surface area (Å²) in [6, 6.07) is 10.1. The molecule has 0 amide bonds. The van der Waals surface area contributed by atoms with E-state index in [4.69, 9.17) is 4.74 Å². The summed E-state index contributed by atoms with van der Waals surface area (Å²) in [5.74, 6) is 0.728. The Morgan fingerprint density at radius 1 is 1.29 bits per heavy atom. The number of aryl methyl sites for hydroxylation is 1. The summed E-state index contributed by atoms with van der Waals surface area (Å²) in [4.78, 5) is 4.25. The molecular formula is C18H21NO2. The van der Waals surface area contributed by atoms with Gasteiger partial charge in [0.2, 0.25) is 0 Å². The van der Waals surface area contributed by atoms with Crippen molar-refractivity contribution >= 4 is 0 Å². The standard InChI is InChI=1S/C18H21NO2/c1-2-10-21-16-11-15(12-19-13-16)18(20)9-5-7-14-6-3-4-8-17(14)18/h3-4,6,8,11-13,20H,2,5,7,9-10H2,1H3. The van der Waals surface area contributed by atoms with E-state index >= 15 is 0 Å². The summed E-state index contributed by atoms with van der Waals surface area (Å²) in [6.45, 7) is 2.74. The fraction of sp³-hybridized carbons (Fsp3) is 0.389. The van der Waals surface area contributed by atoms with E-state index in [0.717, 1.165) is 42.6 Å². The van der Waals surface area contributed by atoms with Gasteiger partial charge in [-0.25, -0.2) is 0 Å². The van der Waals surface area contributed by atoms with Crippen LogP contribution in [0.25, 0.3) is 0 Å². The lowest BCUT2D eigenvalue weighted by Gasteiger charge is -2.34. The molecule has 2 aromatic rings. The van der Waals surface area contributed by atoms with Crippen molar-refractivity contribution in [2.24, 2.45) is 0 Å². The zero-order valence-corrected chi connectivity index (χ0v) is 12.4. The molecule has 0 saturated heterocycles. The van der Waals surface area contributed by atoms with Crippen molar-refractivity contribution in [1.29, 1.82) is 0 Å². The van der Waals surface area contributed by atoms with Crippen molar-refractivity contribution in [3.05, 3.63) is 59.4 Å². The second-order valence-corrected chi connectivity index (χ2v) is 5.63. The Morgan fingerprint density at radius 3 is 3.00 bits per heavy atom. The van der Waals surface area contributed by atoms with Crippen LogP contribution in [0.3, 0.4) is 0 Å². The van der Waals surface area contributed by atoms with Crippen LogP contribution in [-0.4, -0.2) is 16.7 Å². The molecule has 3 heteroatoms. The SMILES string of the molecule is CCCOc1cncc(C2(O)CCCc3ccccc32)c1. The van der Waals surface area contributed by atoms with Crippen molar-refractivity contribution in [3.8, 4) is 5.75 Å². The van der Waals surface area contributed by atoms with E-state index in [-0.39, 0.29) is 0 Å². The second-order valence-electron chi connectivity index (χ2n) is 5.63. The maximum Gasteiger partial charge on any atom is 0.137 e. The van der Waals surface area contributed by atoms with Gasteiger partial charge in [-0.1, -0.05) is 31.2 Å². The van der Waals surface area contributed by atoms with Gasteiger partial charge in [0.15, 0.2) is 0 Å². The highest BCUT2D eigenvalue weighted by molar-refractivity contribution is 5.43. The van der Waals surface area contributed by atoms with Gasteiger partial charge in [0.05, 0.1) is 12.8 Å². The number of hydrogen-bond donors (Lipinski definition) is 1. The van der Waals surface area contributed by atoms with Crippen LogP contribution in [-0.2, 0) is 12.0 Å². The molecule has 1 heterocycles. The van der Waals surface area contributed by atoms with Gasteiger partial charge in [0.25, 0.3) is 0 Å². The first kappa shape index (κ1) is 14.1. The zero-order chi connectivity index (χ0) is 14.7. The Bertz CT molecular complexity index is 626. The molecule has 0 radical (unpaired) electrons. The van der Waals surface area contributed by atoms with E-state index < -0.39 is 5.60 Å². The topological polar surface area (TPSA) is 42.4 Å². The molecule has 21 heavy (non-hydrogen) atoms. The third kappa shape index (κ3) is 2.66. The number of fused-ring (bicyclic) bond motifs is 1. The van der Waals surface area contributed by atoms with Gasteiger partial charge in [-0.15, -0.1) is 0 Å². The molecule has 1 aliphatic rings. The second kappa shape index (κ2) is 5.86. The minimum atomic E-state index is -0.951. The molecule has 3 rings (SSSR count). The normalized spacial score (nSPS) is 20.9. The van der Waals surface area contributed by atoms with Crippen molar-refractivity contribution in [3.63, 3.8) is 0 Å². The first-order valence-electron chi connectivity index (χ1n) is 7.63. The Balaban J connectivity index is 2.00. The quantitative estimate of drug-likeness (QED) is 0.934. The van der Waals surface area contributed by atoms with E-state index in [1.807, 2.05) is 24.3 Å². The molecule has 0 bridgehead atoms. The highest BCUT2D eigenvalue weighted by Gasteiger charge is 2.36. The van der Waals surface area contributed by atoms with E-state index in [1.54, 1.807) is 12.4 Å². The Hall–Kier alpha value is -1.87. The van der Waals surface area contributed by atoms with E-state index in [1.165, 1.54) is 5.56 Å². The molecule has 0 aliphatic heterocycles. The largest absolute Gasteiger partial charge is 0.492 e. The summed E-state index contributed by atoms with van der Waals surface area (Å²) >= 11 is 0. The van der Waals surface area contributed by atoms with Crippen LogP contribution in [0.2, 0.25) is 0 Å². The van der Waals surface area contributed by atoms with Gasteiger partial charge in [0.1, 0.15) is 11.4 Å². The molecule has 1 aromatic carbocycles. The summed E-state index contributed by atoms with van der Waals surface area (Å²) in [6.07, 6.45) is 7.14. The first-order chi connectivity index (χ1) is 10.2. The van der Waals surface area contributed by atoms with Crippen LogP contribution in [0.4, 0.5) is 0 Å². The minimum absolute atomic E-state index is 0.667. The molecule has 1 aromatic heterocycles. The van der Waals surface area contributed by atoms with E-state index in [0.29, 0.717) is 6.61 Å². The Kier molecular flexibility index (Phi) is 3.93. The number of benzene rings is 1. The third-order valence-electron chi connectivity index (χ3n) is 4.11. The molecule has 110 valence electrons. The lowest BCUT2D eigenvalue weighted by molar-refractivity contribution is 0.0609. The van der Waals surface area contributed by atoms with Gasteiger partial charge < -0.3 is 9.84 Å². The maximum absolute atomic E-state index is 11.2. The number of rotatable bonds is 4. The minimum Gasteiger partial charge on any atom is -0.492 e. The molecule has 1 unspecified atom stereocenters. The monoisotopic (exact) mass is 283 g/mol. The molecule has 1 N–H and O–H groups in total. The number of ether oxygens (including phenoxy) is 1. The average Bonchev–Trinajstić information content (AvgIpc) is 2.54. The highest BCUT2D eigenvalue weighted by atomic mass is 16.5. The summed E-state index contributed by atoms with van der Waals surface area (Å²) in [7, 11) is 0. The van der Waals surface area contributed by atoms with Gasteiger partial charge in [-0.05, 0) is 42.9 Å². The first-order valence-corrected chi connectivity index (χ1v) is 7.63. The molecule has 1 atom stereocenters. The van der Waals surface area contributed by atoms with Crippen molar-refractivity contribution in [2.75, 3.05) is 6.61 Å². The zero-order valence-electron chi connectivity index (χ0n) is 12.4. The summed E-state index contributed by atoms with van der Waals surface area (Å²) in [5, 5.41) is 11.2. The predicted octanol–water partition coefficient (Wildman–Crippen LogP) is 3.44. The fourth-order valence-corrected chi connectivity index (χ4v) is 3.05. The third-order valence-corrected chi connectivity index (χ3v) is 4.11. The Morgan fingerprint density at radius 2 is 2.14 bits per heavy atom. The van der Waals surface area contributed by atoms with Gasteiger partial charge in [0, 0.05) is 11.8 Å². The molecule has 0 spiro atoms. The van der Waals surface area contributed by atoms with E-state index in [2.05, 4.69) is 18.0 Å². The maximum atomic E-state index is 11.2. The van der Waals surface area contributed by atoms with Crippen LogP contribution in [0, 0.1) is 0 Å². The van der Waals surface area contributed by atoms with Crippen molar-refractivity contribution in [1.82, 2.24) is 4.98 Å². The average molecular weight is 283 g/mol. The number of nitrogens with zero attached hydrogens (tertiary/aromatic N) is 1. The van der Waals surface area contributed by atoms with Crippen molar-refractivity contribution in [2.45, 2.75) is 38.2 Å². The predicted molar refractivity (Wildman–Crippen MR) is 82.4 cm³/mol. The molecule has 3 nitrogen and oxygen atoms in total. The van der Waals surface area contributed by atoms with Gasteiger partial charge in [-0.2, -0.15) is 0 Å². The molecule has 1 aliphatic carbocycles. The van der Waals surface area contributed by atoms with E-state index in [9.17, 15) is 5.11 Å². The highest BCUT2D eigenvalue weighted by Crippen LogP contribution is 2.40. The Labute approximate surface area is 125 Å². The number of aromatic nitrogens is 1. The van der Waals surface area contributed by atoms with Gasteiger partial charge in [-0.3, -0.25) is 4.98 Å². The molecular weight excluding hydrogens is 262 g/mol. The van der Waals surface area contributed by atoms with Crippen molar-refractivity contribution < 1.29 is 9.84 Å². The molecule has 0 saturated carbocycles.